The van der Waals surface area contributed by atoms with Crippen LogP contribution in [0.4, 0.5) is 0 Å². The number of nitrogens with zero attached hydrogens (tertiary/aromatic N) is 4. The highest BCUT2D eigenvalue weighted by Crippen LogP contribution is 2.42. The first kappa shape index (κ1) is 21.5. The maximum absolute atomic E-state index is 11.9. The van der Waals surface area contributed by atoms with E-state index in [-0.39, 0.29) is 11.8 Å². The van der Waals surface area contributed by atoms with Gasteiger partial charge in [0.25, 0.3) is 11.8 Å². The van der Waals surface area contributed by atoms with E-state index in [9.17, 15) is 19.8 Å². The van der Waals surface area contributed by atoms with Crippen LogP contribution in [-0.2, 0) is 9.59 Å². The number of aliphatic hydroxyl groups is 2. The van der Waals surface area contributed by atoms with Gasteiger partial charge < -0.3 is 20.0 Å². The van der Waals surface area contributed by atoms with Gasteiger partial charge in [-0.3, -0.25) is 19.4 Å². The molecule has 3 aliphatic rings. The minimum atomic E-state index is -0.913. The van der Waals surface area contributed by atoms with Gasteiger partial charge in [0, 0.05) is 65.4 Å². The first-order valence-electron chi connectivity index (χ1n) is 10.7. The van der Waals surface area contributed by atoms with Crippen molar-refractivity contribution in [1.82, 2.24) is 19.6 Å². The molecule has 3 rings (SSSR count). The van der Waals surface area contributed by atoms with Crippen LogP contribution in [0.15, 0.2) is 0 Å². The van der Waals surface area contributed by atoms with Crippen LogP contribution < -0.4 is 0 Å². The van der Waals surface area contributed by atoms with Crippen molar-refractivity contribution in [3.05, 3.63) is 0 Å². The molecule has 2 aliphatic heterocycles. The van der Waals surface area contributed by atoms with Gasteiger partial charge in [-0.2, -0.15) is 0 Å². The van der Waals surface area contributed by atoms with E-state index in [1.165, 1.54) is 33.1 Å². The van der Waals surface area contributed by atoms with Gasteiger partial charge in [-0.05, 0) is 32.1 Å². The van der Waals surface area contributed by atoms with Gasteiger partial charge in [-0.15, -0.1) is 0 Å². The Kier molecular flexibility index (Phi) is 6.96. The van der Waals surface area contributed by atoms with E-state index in [1.54, 1.807) is 9.80 Å². The zero-order valence-corrected chi connectivity index (χ0v) is 17.3. The average molecular weight is 397 g/mol. The maximum atomic E-state index is 11.9. The average Bonchev–Trinajstić information content (AvgIpc) is 2.66. The Morgan fingerprint density at radius 1 is 0.750 bits per heavy atom. The van der Waals surface area contributed by atoms with Gasteiger partial charge in [0.05, 0.1) is 0 Å². The van der Waals surface area contributed by atoms with Gasteiger partial charge in [0.15, 0.2) is 0 Å². The standard InChI is InChI=1S/C20H36N4O4/c1-16(25)18(27)23-10-6-21(7-11-23)14-20(4-3-5-20)15-22-8-12-24(13-9-22)19(28)17(2)26/h16-17,25-26H,3-15H2,1-2H3/t16-,17-/m1/s1. The fourth-order valence-corrected chi connectivity index (χ4v) is 4.77. The van der Waals surface area contributed by atoms with Gasteiger partial charge >= 0.3 is 0 Å². The summed E-state index contributed by atoms with van der Waals surface area (Å²) >= 11 is 0. The second-order valence-corrected chi connectivity index (χ2v) is 8.91. The molecule has 8 heteroatoms. The molecule has 28 heavy (non-hydrogen) atoms. The van der Waals surface area contributed by atoms with E-state index < -0.39 is 12.2 Å². The lowest BCUT2D eigenvalue weighted by Crippen LogP contribution is -2.58. The van der Waals surface area contributed by atoms with Crippen molar-refractivity contribution in [3.8, 4) is 0 Å². The third-order valence-corrected chi connectivity index (χ3v) is 6.61. The van der Waals surface area contributed by atoms with Crippen LogP contribution in [0.2, 0.25) is 0 Å². The fourth-order valence-electron chi connectivity index (χ4n) is 4.77. The molecule has 0 aromatic rings. The van der Waals surface area contributed by atoms with Crippen molar-refractivity contribution in [1.29, 1.82) is 0 Å². The van der Waals surface area contributed by atoms with Crippen LogP contribution in [0.3, 0.4) is 0 Å². The quantitative estimate of drug-likeness (QED) is 0.612. The monoisotopic (exact) mass is 396 g/mol. The van der Waals surface area contributed by atoms with Crippen molar-refractivity contribution in [3.63, 3.8) is 0 Å². The number of aliphatic hydroxyl groups excluding tert-OH is 2. The molecule has 0 spiro atoms. The number of piperazine rings is 2. The van der Waals surface area contributed by atoms with Crippen molar-refractivity contribution in [2.75, 3.05) is 65.4 Å². The van der Waals surface area contributed by atoms with Gasteiger partial charge in [-0.1, -0.05) is 6.42 Å². The number of hydrogen-bond acceptors (Lipinski definition) is 6. The van der Waals surface area contributed by atoms with Crippen molar-refractivity contribution >= 4 is 11.8 Å². The molecular weight excluding hydrogens is 360 g/mol. The molecule has 2 heterocycles. The van der Waals surface area contributed by atoms with Gasteiger partial charge in [-0.25, -0.2) is 0 Å². The molecule has 0 aromatic heterocycles. The van der Waals surface area contributed by atoms with E-state index in [2.05, 4.69) is 9.80 Å². The minimum absolute atomic E-state index is 0.164. The van der Waals surface area contributed by atoms with Crippen LogP contribution in [0, 0.1) is 5.41 Å². The van der Waals surface area contributed by atoms with E-state index in [0.29, 0.717) is 31.6 Å². The van der Waals surface area contributed by atoms with Crippen LogP contribution in [0.1, 0.15) is 33.1 Å². The molecule has 2 atom stereocenters. The maximum Gasteiger partial charge on any atom is 0.251 e. The number of carbonyl (C=O) groups is 2. The summed E-state index contributed by atoms with van der Waals surface area (Å²) in [7, 11) is 0. The summed E-state index contributed by atoms with van der Waals surface area (Å²) in [5, 5.41) is 19.0. The van der Waals surface area contributed by atoms with E-state index in [1.807, 2.05) is 0 Å². The highest BCUT2D eigenvalue weighted by molar-refractivity contribution is 5.80. The minimum Gasteiger partial charge on any atom is -0.384 e. The number of rotatable bonds is 6. The Morgan fingerprint density at radius 3 is 1.36 bits per heavy atom. The molecule has 0 aromatic carbocycles. The first-order chi connectivity index (χ1) is 13.3. The van der Waals surface area contributed by atoms with Crippen LogP contribution in [0.25, 0.3) is 0 Å². The van der Waals surface area contributed by atoms with Crippen molar-refractivity contribution in [2.24, 2.45) is 5.41 Å². The van der Waals surface area contributed by atoms with Crippen molar-refractivity contribution in [2.45, 2.75) is 45.3 Å². The molecule has 2 saturated heterocycles. The van der Waals surface area contributed by atoms with Crippen LogP contribution >= 0.6 is 0 Å². The number of hydrogen-bond donors (Lipinski definition) is 2. The summed E-state index contributed by atoms with van der Waals surface area (Å²) in [6.45, 7) is 11.5. The number of carbonyl (C=O) groups excluding carboxylic acids is 2. The lowest BCUT2D eigenvalue weighted by atomic mass is 9.68. The Bertz CT molecular complexity index is 504. The third kappa shape index (κ3) is 5.03. The molecule has 2 amide bonds. The summed E-state index contributed by atoms with van der Waals surface area (Å²) in [5.74, 6) is -0.328. The smallest absolute Gasteiger partial charge is 0.251 e. The van der Waals surface area contributed by atoms with Crippen molar-refractivity contribution < 1.29 is 19.8 Å². The zero-order chi connectivity index (χ0) is 20.3. The van der Waals surface area contributed by atoms with E-state index >= 15 is 0 Å². The van der Waals surface area contributed by atoms with E-state index in [0.717, 1.165) is 39.3 Å². The van der Waals surface area contributed by atoms with E-state index in [4.69, 9.17) is 0 Å². The summed E-state index contributed by atoms with van der Waals surface area (Å²) in [6.07, 6.45) is 1.94. The Morgan fingerprint density at radius 2 is 1.11 bits per heavy atom. The predicted molar refractivity (Wildman–Crippen MR) is 106 cm³/mol. The Labute approximate surface area is 168 Å². The Balaban J connectivity index is 1.45. The van der Waals surface area contributed by atoms with Gasteiger partial charge in [0.2, 0.25) is 0 Å². The predicted octanol–water partition coefficient (Wildman–Crippen LogP) is -0.793. The SMILES string of the molecule is C[C@@H](O)C(=O)N1CCN(CC2(CN3CCN(C(=O)[C@@H](C)O)CC3)CCC2)CC1. The molecule has 8 nitrogen and oxygen atoms in total. The summed E-state index contributed by atoms with van der Waals surface area (Å²) in [5.41, 5.74) is 0.326. The van der Waals surface area contributed by atoms with Crippen LogP contribution in [-0.4, -0.2) is 119 Å². The first-order valence-corrected chi connectivity index (χ1v) is 10.7. The normalized spacial score (nSPS) is 25.9. The molecule has 0 radical (unpaired) electrons. The third-order valence-electron chi connectivity index (χ3n) is 6.61. The summed E-state index contributed by atoms with van der Waals surface area (Å²) in [4.78, 5) is 32.4. The van der Waals surface area contributed by atoms with Gasteiger partial charge in [0.1, 0.15) is 12.2 Å². The lowest BCUT2D eigenvalue weighted by Gasteiger charge is -2.50. The molecule has 2 N–H and O–H groups in total. The molecule has 160 valence electrons. The summed E-state index contributed by atoms with van der Waals surface area (Å²) in [6, 6.07) is 0. The lowest BCUT2D eigenvalue weighted by molar-refractivity contribution is -0.141. The summed E-state index contributed by atoms with van der Waals surface area (Å²) < 4.78 is 0. The largest absolute Gasteiger partial charge is 0.384 e. The fraction of sp³-hybridized carbons (Fsp3) is 0.900. The molecule has 0 bridgehead atoms. The second-order valence-electron chi connectivity index (χ2n) is 8.91. The second kappa shape index (κ2) is 9.07. The number of amides is 2. The topological polar surface area (TPSA) is 87.6 Å². The molecule has 0 unspecified atom stereocenters. The highest BCUT2D eigenvalue weighted by atomic mass is 16.3. The Hall–Kier alpha value is -1.22. The van der Waals surface area contributed by atoms with Crippen LogP contribution in [0.5, 0.6) is 0 Å². The zero-order valence-electron chi connectivity index (χ0n) is 17.3. The molecule has 3 fully saturated rings. The molecule has 1 saturated carbocycles. The highest BCUT2D eigenvalue weighted by Gasteiger charge is 2.41. The molecular formula is C20H36N4O4. The molecule has 1 aliphatic carbocycles.